The van der Waals surface area contributed by atoms with E-state index in [-0.39, 0.29) is 0 Å². The average Bonchev–Trinajstić information content (AvgIpc) is 2.96. The molecule has 0 saturated heterocycles. The molecule has 0 aliphatic heterocycles. The van der Waals surface area contributed by atoms with E-state index < -0.39 is 0 Å². The number of aromatic nitrogens is 4. The van der Waals surface area contributed by atoms with Crippen LogP contribution in [0.5, 0.6) is 0 Å². The zero-order chi connectivity index (χ0) is 15.1. The number of H-pyrrole nitrogens is 1. The van der Waals surface area contributed by atoms with Crippen molar-refractivity contribution in [2.45, 2.75) is 0 Å². The van der Waals surface area contributed by atoms with Crippen LogP contribution in [0, 0.1) is 0 Å². The Balaban J connectivity index is 2.02. The molecular formula is C16H12ClN5. The lowest BCUT2D eigenvalue weighted by Crippen LogP contribution is -1.98. The fraction of sp³-hybridized carbons (Fsp3) is 0.0625. The molecule has 5 nitrogen and oxygen atoms in total. The van der Waals surface area contributed by atoms with Gasteiger partial charge in [-0.2, -0.15) is 0 Å². The van der Waals surface area contributed by atoms with Crippen molar-refractivity contribution in [1.29, 1.82) is 0 Å². The maximum absolute atomic E-state index is 6.06. The Kier molecular flexibility index (Phi) is 2.94. The first-order chi connectivity index (χ1) is 10.8. The van der Waals surface area contributed by atoms with Gasteiger partial charge in [-0.1, -0.05) is 23.7 Å². The van der Waals surface area contributed by atoms with Gasteiger partial charge in [-0.25, -0.2) is 15.0 Å². The van der Waals surface area contributed by atoms with Gasteiger partial charge in [0.05, 0.1) is 10.5 Å². The second kappa shape index (κ2) is 4.96. The number of hydrogen-bond acceptors (Lipinski definition) is 4. The van der Waals surface area contributed by atoms with Crippen LogP contribution in [0.3, 0.4) is 0 Å². The molecule has 0 radical (unpaired) electrons. The molecular weight excluding hydrogens is 298 g/mol. The molecule has 4 rings (SSSR count). The number of benzene rings is 1. The summed E-state index contributed by atoms with van der Waals surface area (Å²) in [5.41, 5.74) is 2.54. The zero-order valence-electron chi connectivity index (χ0n) is 11.8. The molecule has 0 amide bonds. The fourth-order valence-corrected chi connectivity index (χ4v) is 2.71. The first-order valence-corrected chi connectivity index (χ1v) is 7.21. The van der Waals surface area contributed by atoms with E-state index in [1.807, 2.05) is 43.6 Å². The van der Waals surface area contributed by atoms with E-state index in [2.05, 4.69) is 25.3 Å². The number of nitrogens with one attached hydrogen (secondary N) is 2. The van der Waals surface area contributed by atoms with Crippen LogP contribution >= 0.6 is 11.6 Å². The summed E-state index contributed by atoms with van der Waals surface area (Å²) < 4.78 is 0. The number of pyridine rings is 1. The largest absolute Gasteiger partial charge is 0.373 e. The van der Waals surface area contributed by atoms with Gasteiger partial charge in [0, 0.05) is 35.8 Å². The molecule has 22 heavy (non-hydrogen) atoms. The predicted molar refractivity (Wildman–Crippen MR) is 89.2 cm³/mol. The van der Waals surface area contributed by atoms with E-state index in [1.54, 1.807) is 6.20 Å². The summed E-state index contributed by atoms with van der Waals surface area (Å²) in [6.07, 6.45) is 3.47. The molecule has 3 aromatic heterocycles. The Morgan fingerprint density at radius 2 is 2.00 bits per heavy atom. The highest BCUT2D eigenvalue weighted by Crippen LogP contribution is 2.30. The van der Waals surface area contributed by atoms with Gasteiger partial charge in [-0.15, -0.1) is 0 Å². The van der Waals surface area contributed by atoms with Gasteiger partial charge in [0.1, 0.15) is 11.5 Å². The molecule has 2 N–H and O–H groups in total. The number of rotatable bonds is 2. The van der Waals surface area contributed by atoms with Gasteiger partial charge < -0.3 is 10.3 Å². The van der Waals surface area contributed by atoms with Crippen molar-refractivity contribution in [1.82, 2.24) is 19.9 Å². The third-order valence-electron chi connectivity index (χ3n) is 3.58. The number of fused-ring (bicyclic) bond motifs is 2. The van der Waals surface area contributed by atoms with Crippen LogP contribution in [0.1, 0.15) is 0 Å². The smallest absolute Gasteiger partial charge is 0.164 e. The quantitative estimate of drug-likeness (QED) is 0.590. The summed E-state index contributed by atoms with van der Waals surface area (Å²) in [5.74, 6) is 1.43. The Morgan fingerprint density at radius 1 is 1.14 bits per heavy atom. The normalized spacial score (nSPS) is 11.2. The molecule has 0 spiro atoms. The number of para-hydroxylation sites is 1. The maximum atomic E-state index is 6.06. The number of aromatic amines is 1. The Bertz CT molecular complexity index is 992. The first-order valence-electron chi connectivity index (χ1n) is 6.84. The minimum Gasteiger partial charge on any atom is -0.373 e. The SMILES string of the molecule is CNc1nc(-c2c[nH]c3ncc(Cl)cc23)nc2ccccc12. The van der Waals surface area contributed by atoms with Gasteiger partial charge >= 0.3 is 0 Å². The summed E-state index contributed by atoms with van der Waals surface area (Å²) in [4.78, 5) is 16.7. The summed E-state index contributed by atoms with van der Waals surface area (Å²) in [6, 6.07) is 9.78. The second-order valence-corrected chi connectivity index (χ2v) is 5.35. The molecule has 4 aromatic rings. The van der Waals surface area contributed by atoms with Crippen molar-refractivity contribution in [3.63, 3.8) is 0 Å². The molecule has 0 fully saturated rings. The second-order valence-electron chi connectivity index (χ2n) is 4.92. The van der Waals surface area contributed by atoms with Crippen LogP contribution in [0.4, 0.5) is 5.82 Å². The van der Waals surface area contributed by atoms with Crippen LogP contribution in [-0.4, -0.2) is 27.0 Å². The lowest BCUT2D eigenvalue weighted by atomic mass is 10.2. The molecule has 0 atom stereocenters. The van der Waals surface area contributed by atoms with E-state index in [1.165, 1.54) is 0 Å². The number of halogens is 1. The maximum Gasteiger partial charge on any atom is 0.164 e. The van der Waals surface area contributed by atoms with Gasteiger partial charge in [0.25, 0.3) is 0 Å². The van der Waals surface area contributed by atoms with E-state index in [0.29, 0.717) is 10.8 Å². The Labute approximate surface area is 131 Å². The Morgan fingerprint density at radius 3 is 2.86 bits per heavy atom. The molecule has 0 aliphatic rings. The molecule has 1 aromatic carbocycles. The molecule has 0 unspecified atom stereocenters. The van der Waals surface area contributed by atoms with Gasteiger partial charge in [-0.3, -0.25) is 0 Å². The molecule has 0 saturated carbocycles. The summed E-state index contributed by atoms with van der Waals surface area (Å²) in [5, 5.41) is 5.61. The van der Waals surface area contributed by atoms with E-state index in [9.17, 15) is 0 Å². The summed E-state index contributed by atoms with van der Waals surface area (Å²) in [6.45, 7) is 0. The third kappa shape index (κ3) is 1.98. The van der Waals surface area contributed by atoms with Crippen LogP contribution in [0.15, 0.2) is 42.7 Å². The summed E-state index contributed by atoms with van der Waals surface area (Å²) >= 11 is 6.06. The highest BCUT2D eigenvalue weighted by atomic mass is 35.5. The topological polar surface area (TPSA) is 66.5 Å². The third-order valence-corrected chi connectivity index (χ3v) is 3.79. The molecule has 0 bridgehead atoms. The monoisotopic (exact) mass is 309 g/mol. The lowest BCUT2D eigenvalue weighted by molar-refractivity contribution is 1.22. The predicted octanol–water partition coefficient (Wildman–Crippen LogP) is 3.87. The number of hydrogen-bond donors (Lipinski definition) is 2. The molecule has 108 valence electrons. The first kappa shape index (κ1) is 13.0. The molecule has 0 aliphatic carbocycles. The van der Waals surface area contributed by atoms with Gasteiger partial charge in [0.15, 0.2) is 5.82 Å². The summed E-state index contributed by atoms with van der Waals surface area (Å²) in [7, 11) is 1.85. The van der Waals surface area contributed by atoms with Crippen molar-refractivity contribution in [2.75, 3.05) is 12.4 Å². The van der Waals surface area contributed by atoms with Crippen molar-refractivity contribution in [3.05, 3.63) is 47.7 Å². The fourth-order valence-electron chi connectivity index (χ4n) is 2.55. The van der Waals surface area contributed by atoms with Crippen LogP contribution < -0.4 is 5.32 Å². The minimum absolute atomic E-state index is 0.586. The molecule has 3 heterocycles. The lowest BCUT2D eigenvalue weighted by Gasteiger charge is -2.07. The van der Waals surface area contributed by atoms with Crippen molar-refractivity contribution in [3.8, 4) is 11.4 Å². The van der Waals surface area contributed by atoms with Crippen LogP contribution in [0.2, 0.25) is 5.02 Å². The van der Waals surface area contributed by atoms with Crippen molar-refractivity contribution < 1.29 is 0 Å². The highest BCUT2D eigenvalue weighted by Gasteiger charge is 2.13. The molecule has 6 heteroatoms. The van der Waals surface area contributed by atoms with E-state index >= 15 is 0 Å². The van der Waals surface area contributed by atoms with Crippen molar-refractivity contribution >= 4 is 39.4 Å². The number of anilines is 1. The number of nitrogens with zero attached hydrogens (tertiary/aromatic N) is 3. The van der Waals surface area contributed by atoms with E-state index in [4.69, 9.17) is 11.6 Å². The van der Waals surface area contributed by atoms with E-state index in [0.717, 1.165) is 33.3 Å². The average molecular weight is 310 g/mol. The standard InChI is InChI=1S/C16H12ClN5/c1-18-14-10-4-2-3-5-13(10)21-16(22-14)12-8-20-15-11(12)6-9(17)7-19-15/h2-8H,1H3,(H,19,20)(H,18,21,22). The Hall–Kier alpha value is -2.66. The zero-order valence-corrected chi connectivity index (χ0v) is 12.5. The van der Waals surface area contributed by atoms with Crippen molar-refractivity contribution in [2.24, 2.45) is 0 Å². The van der Waals surface area contributed by atoms with Gasteiger partial charge in [0.2, 0.25) is 0 Å². The van der Waals surface area contributed by atoms with Crippen LogP contribution in [0.25, 0.3) is 33.3 Å². The minimum atomic E-state index is 0.586. The van der Waals surface area contributed by atoms with Gasteiger partial charge in [-0.05, 0) is 18.2 Å². The highest BCUT2D eigenvalue weighted by molar-refractivity contribution is 6.31. The van der Waals surface area contributed by atoms with Crippen LogP contribution in [-0.2, 0) is 0 Å².